The van der Waals surface area contributed by atoms with Crippen LogP contribution >= 0.6 is 0 Å². The van der Waals surface area contributed by atoms with E-state index in [9.17, 15) is 0 Å². The summed E-state index contributed by atoms with van der Waals surface area (Å²) < 4.78 is 5.11. The lowest BCUT2D eigenvalue weighted by molar-refractivity contribution is 0.372. The van der Waals surface area contributed by atoms with Gasteiger partial charge < -0.3 is 14.7 Å². The van der Waals surface area contributed by atoms with Gasteiger partial charge in [0.2, 0.25) is 5.89 Å². The summed E-state index contributed by atoms with van der Waals surface area (Å²) in [7, 11) is 1.82. The van der Waals surface area contributed by atoms with Crippen LogP contribution in [0.4, 0.5) is 5.69 Å². The van der Waals surface area contributed by atoms with Crippen molar-refractivity contribution in [3.05, 3.63) is 41.5 Å². The maximum absolute atomic E-state index is 5.11. The fourth-order valence-electron chi connectivity index (χ4n) is 2.73. The van der Waals surface area contributed by atoms with E-state index < -0.39 is 0 Å². The van der Waals surface area contributed by atoms with Gasteiger partial charge in [-0.1, -0.05) is 23.4 Å². The highest BCUT2D eigenvalue weighted by atomic mass is 16.5. The summed E-state index contributed by atoms with van der Waals surface area (Å²) in [5, 5.41) is 7.21. The molecule has 0 aliphatic carbocycles. The minimum atomic E-state index is 0.687. The predicted molar refractivity (Wildman–Crippen MR) is 86.2 cm³/mol. The fraction of sp³-hybridized carbons (Fsp3) is 0.438. The van der Waals surface area contributed by atoms with Crippen LogP contribution in [0.15, 0.2) is 33.8 Å². The van der Waals surface area contributed by atoms with Crippen LogP contribution in [0.3, 0.4) is 0 Å². The van der Waals surface area contributed by atoms with Crippen LogP contribution in [0.25, 0.3) is 0 Å². The van der Waals surface area contributed by atoms with Crippen LogP contribution in [0.5, 0.6) is 0 Å². The first kappa shape index (κ1) is 14.6. The van der Waals surface area contributed by atoms with Gasteiger partial charge in [0.25, 0.3) is 0 Å². The van der Waals surface area contributed by atoms with Crippen molar-refractivity contribution in [2.75, 3.05) is 25.0 Å². The van der Waals surface area contributed by atoms with Crippen LogP contribution in [0.2, 0.25) is 0 Å². The van der Waals surface area contributed by atoms with Crippen molar-refractivity contribution in [1.82, 2.24) is 15.5 Å². The standard InChI is InChI=1S/C16H21N5O/c1-12-19-15(22-20-12)8-5-10-18-16(17-2)21-11-9-13-6-3-4-7-14(13)21/h3-4,6-7H,5,8-11H2,1-2H3,(H,17,18). The summed E-state index contributed by atoms with van der Waals surface area (Å²) in [6.45, 7) is 3.63. The lowest BCUT2D eigenvalue weighted by Gasteiger charge is -2.22. The van der Waals surface area contributed by atoms with E-state index >= 15 is 0 Å². The predicted octanol–water partition coefficient (Wildman–Crippen LogP) is 1.95. The highest BCUT2D eigenvalue weighted by Crippen LogP contribution is 2.27. The zero-order valence-electron chi connectivity index (χ0n) is 13.0. The van der Waals surface area contributed by atoms with Crippen molar-refractivity contribution in [2.24, 2.45) is 4.99 Å². The first-order valence-electron chi connectivity index (χ1n) is 7.63. The van der Waals surface area contributed by atoms with Gasteiger partial charge in [0.15, 0.2) is 11.8 Å². The number of nitrogens with one attached hydrogen (secondary N) is 1. The molecule has 1 aliphatic rings. The second kappa shape index (κ2) is 6.60. The summed E-state index contributed by atoms with van der Waals surface area (Å²) in [5.74, 6) is 2.31. The first-order valence-corrected chi connectivity index (χ1v) is 7.63. The molecule has 1 aromatic carbocycles. The van der Waals surface area contributed by atoms with Crippen molar-refractivity contribution < 1.29 is 4.52 Å². The Labute approximate surface area is 130 Å². The van der Waals surface area contributed by atoms with Gasteiger partial charge in [0.1, 0.15) is 0 Å². The molecule has 2 heterocycles. The van der Waals surface area contributed by atoms with Gasteiger partial charge in [-0.3, -0.25) is 4.99 Å². The average Bonchev–Trinajstić information content (AvgIpc) is 3.14. The summed E-state index contributed by atoms with van der Waals surface area (Å²) in [6.07, 6.45) is 2.77. The molecule has 0 bridgehead atoms. The number of aromatic nitrogens is 2. The monoisotopic (exact) mass is 299 g/mol. The molecule has 0 saturated carbocycles. The zero-order valence-corrected chi connectivity index (χ0v) is 13.0. The van der Waals surface area contributed by atoms with Crippen molar-refractivity contribution >= 4 is 11.6 Å². The average molecular weight is 299 g/mol. The van der Waals surface area contributed by atoms with Crippen molar-refractivity contribution in [2.45, 2.75) is 26.2 Å². The molecule has 1 aromatic heterocycles. The molecule has 116 valence electrons. The number of para-hydroxylation sites is 1. The van der Waals surface area contributed by atoms with Gasteiger partial charge in [-0.15, -0.1) is 0 Å². The van der Waals surface area contributed by atoms with Crippen LogP contribution in [-0.2, 0) is 12.8 Å². The lowest BCUT2D eigenvalue weighted by atomic mass is 10.2. The van der Waals surface area contributed by atoms with E-state index in [1.807, 2.05) is 14.0 Å². The number of aliphatic imine (C=N–C) groups is 1. The van der Waals surface area contributed by atoms with Crippen LogP contribution in [-0.4, -0.2) is 36.2 Å². The Morgan fingerprint density at radius 1 is 1.41 bits per heavy atom. The molecule has 1 aliphatic heterocycles. The van der Waals surface area contributed by atoms with E-state index in [1.165, 1.54) is 11.3 Å². The van der Waals surface area contributed by atoms with Crippen LogP contribution in [0, 0.1) is 6.92 Å². The Kier molecular flexibility index (Phi) is 4.37. The lowest BCUT2D eigenvalue weighted by Crippen LogP contribution is -2.41. The molecule has 6 nitrogen and oxygen atoms in total. The van der Waals surface area contributed by atoms with Gasteiger partial charge in [-0.2, -0.15) is 4.98 Å². The third-order valence-corrected chi connectivity index (χ3v) is 3.77. The molecule has 0 saturated heterocycles. The maximum atomic E-state index is 5.11. The van der Waals surface area contributed by atoms with Gasteiger partial charge in [0, 0.05) is 32.2 Å². The number of hydrogen-bond acceptors (Lipinski definition) is 4. The van der Waals surface area contributed by atoms with Crippen LogP contribution in [0.1, 0.15) is 23.7 Å². The van der Waals surface area contributed by atoms with E-state index in [-0.39, 0.29) is 0 Å². The number of fused-ring (bicyclic) bond motifs is 1. The summed E-state index contributed by atoms with van der Waals surface area (Å²) in [4.78, 5) is 10.8. The summed E-state index contributed by atoms with van der Waals surface area (Å²) in [5.41, 5.74) is 2.63. The smallest absolute Gasteiger partial charge is 0.226 e. The molecular formula is C16H21N5O. The number of hydrogen-bond donors (Lipinski definition) is 1. The molecule has 0 spiro atoms. The summed E-state index contributed by atoms with van der Waals surface area (Å²) >= 11 is 0. The highest BCUT2D eigenvalue weighted by molar-refractivity contribution is 5.97. The molecule has 2 aromatic rings. The number of guanidine groups is 1. The molecule has 0 fully saturated rings. The third kappa shape index (κ3) is 3.10. The molecular weight excluding hydrogens is 278 g/mol. The molecule has 22 heavy (non-hydrogen) atoms. The number of aryl methyl sites for hydroxylation is 2. The fourth-order valence-corrected chi connectivity index (χ4v) is 2.73. The van der Waals surface area contributed by atoms with E-state index in [1.54, 1.807) is 0 Å². The SMILES string of the molecule is CN=C(NCCCc1nc(C)no1)N1CCc2ccccc21. The quantitative estimate of drug-likeness (QED) is 0.531. The van der Waals surface area contributed by atoms with Crippen LogP contribution < -0.4 is 10.2 Å². The minimum absolute atomic E-state index is 0.687. The molecule has 1 N–H and O–H groups in total. The molecule has 0 amide bonds. The third-order valence-electron chi connectivity index (χ3n) is 3.77. The Balaban J connectivity index is 1.53. The van der Waals surface area contributed by atoms with Crippen molar-refractivity contribution in [3.63, 3.8) is 0 Å². The Bertz CT molecular complexity index is 664. The number of nitrogens with zero attached hydrogens (tertiary/aromatic N) is 4. The molecule has 0 radical (unpaired) electrons. The Morgan fingerprint density at radius 3 is 3.05 bits per heavy atom. The van der Waals surface area contributed by atoms with E-state index in [0.717, 1.165) is 38.3 Å². The number of rotatable bonds is 4. The number of benzene rings is 1. The molecule has 0 atom stereocenters. The first-order chi connectivity index (χ1) is 10.8. The zero-order chi connectivity index (χ0) is 15.4. The van der Waals surface area contributed by atoms with Gasteiger partial charge in [0.05, 0.1) is 0 Å². The minimum Gasteiger partial charge on any atom is -0.356 e. The molecule has 0 unspecified atom stereocenters. The van der Waals surface area contributed by atoms with Crippen molar-refractivity contribution in [1.29, 1.82) is 0 Å². The largest absolute Gasteiger partial charge is 0.356 e. The Morgan fingerprint density at radius 2 is 2.27 bits per heavy atom. The van der Waals surface area contributed by atoms with E-state index in [0.29, 0.717) is 11.7 Å². The van der Waals surface area contributed by atoms with E-state index in [4.69, 9.17) is 4.52 Å². The highest BCUT2D eigenvalue weighted by Gasteiger charge is 2.21. The second-order valence-electron chi connectivity index (χ2n) is 5.34. The van der Waals surface area contributed by atoms with Gasteiger partial charge in [-0.05, 0) is 31.4 Å². The normalized spacial score (nSPS) is 14.3. The van der Waals surface area contributed by atoms with E-state index in [2.05, 4.69) is 49.6 Å². The molecule has 6 heteroatoms. The molecule has 3 rings (SSSR count). The van der Waals surface area contributed by atoms with Crippen molar-refractivity contribution in [3.8, 4) is 0 Å². The summed E-state index contributed by atoms with van der Waals surface area (Å²) in [6, 6.07) is 8.49. The topological polar surface area (TPSA) is 66.5 Å². The maximum Gasteiger partial charge on any atom is 0.226 e. The van der Waals surface area contributed by atoms with Gasteiger partial charge >= 0.3 is 0 Å². The number of anilines is 1. The Hall–Kier alpha value is -2.37. The van der Waals surface area contributed by atoms with Gasteiger partial charge in [-0.25, -0.2) is 0 Å². The second-order valence-corrected chi connectivity index (χ2v) is 5.34.